The maximum absolute atomic E-state index is 10.4. The molecule has 1 fully saturated rings. The Morgan fingerprint density at radius 2 is 1.51 bits per heavy atom. The van der Waals surface area contributed by atoms with Crippen LogP contribution in [0.3, 0.4) is 0 Å². The van der Waals surface area contributed by atoms with Crippen LogP contribution >= 0.6 is 0 Å². The molecule has 0 radical (unpaired) electrons. The minimum absolute atomic E-state index is 0.0587. The van der Waals surface area contributed by atoms with Crippen LogP contribution in [0.4, 0.5) is 0 Å². The third-order valence-electron chi connectivity index (χ3n) is 6.46. The normalized spacial score (nSPS) is 17.8. The van der Waals surface area contributed by atoms with Crippen molar-refractivity contribution in [1.29, 1.82) is 0 Å². The molecule has 0 spiro atoms. The van der Waals surface area contributed by atoms with Crippen LogP contribution in [0.1, 0.15) is 23.5 Å². The molecule has 0 bridgehead atoms. The topological polar surface area (TPSA) is 60.0 Å². The maximum atomic E-state index is 10.4. The highest BCUT2D eigenvalue weighted by molar-refractivity contribution is 5.88. The molecule has 180 valence electrons. The van der Waals surface area contributed by atoms with E-state index < -0.39 is 0 Å². The summed E-state index contributed by atoms with van der Waals surface area (Å²) in [6, 6.07) is 29.9. The van der Waals surface area contributed by atoms with Gasteiger partial charge in [0.25, 0.3) is 0 Å². The second-order valence-electron chi connectivity index (χ2n) is 8.86. The van der Waals surface area contributed by atoms with Crippen molar-refractivity contribution in [2.24, 2.45) is 0 Å². The van der Waals surface area contributed by atoms with Crippen molar-refractivity contribution in [3.63, 3.8) is 0 Å². The average molecular weight is 470 g/mol. The van der Waals surface area contributed by atoms with E-state index in [4.69, 9.17) is 14.2 Å². The molecule has 2 unspecified atom stereocenters. The number of hydrogen-bond donors (Lipinski definition) is 2. The van der Waals surface area contributed by atoms with Crippen LogP contribution in [0.15, 0.2) is 91.0 Å². The van der Waals surface area contributed by atoms with E-state index in [9.17, 15) is 5.11 Å². The van der Waals surface area contributed by atoms with Gasteiger partial charge < -0.3 is 24.6 Å². The highest BCUT2D eigenvalue weighted by Gasteiger charge is 2.27. The van der Waals surface area contributed by atoms with Gasteiger partial charge in [0, 0.05) is 17.8 Å². The molecule has 5 nitrogen and oxygen atoms in total. The Morgan fingerprint density at radius 3 is 2.31 bits per heavy atom. The second-order valence-corrected chi connectivity index (χ2v) is 8.86. The number of hydrogen-bond acceptors (Lipinski definition) is 5. The largest absolute Gasteiger partial charge is 0.507 e. The molecule has 4 aromatic carbocycles. The summed E-state index contributed by atoms with van der Waals surface area (Å²) in [5.74, 6) is 2.29. The molecule has 1 aliphatic heterocycles. The molecule has 0 saturated carbocycles. The molecule has 4 aromatic rings. The van der Waals surface area contributed by atoms with Crippen LogP contribution in [0.25, 0.3) is 10.8 Å². The van der Waals surface area contributed by atoms with Gasteiger partial charge in [-0.1, -0.05) is 54.6 Å². The summed E-state index contributed by atoms with van der Waals surface area (Å²) in [7, 11) is 0. The van der Waals surface area contributed by atoms with Crippen molar-refractivity contribution in [2.45, 2.75) is 25.0 Å². The molecule has 1 saturated heterocycles. The van der Waals surface area contributed by atoms with Crippen molar-refractivity contribution in [3.8, 4) is 17.2 Å². The summed E-state index contributed by atoms with van der Waals surface area (Å²) in [6.45, 7) is 3.23. The van der Waals surface area contributed by atoms with E-state index in [1.54, 1.807) is 6.07 Å². The number of fused-ring (bicyclic) bond motifs is 1. The molecule has 0 aliphatic carbocycles. The van der Waals surface area contributed by atoms with Gasteiger partial charge in [-0.25, -0.2) is 0 Å². The summed E-state index contributed by atoms with van der Waals surface area (Å²) >= 11 is 0. The summed E-state index contributed by atoms with van der Waals surface area (Å²) < 4.78 is 17.9. The Hall–Kier alpha value is -3.54. The lowest BCUT2D eigenvalue weighted by Crippen LogP contribution is -2.40. The van der Waals surface area contributed by atoms with Crippen LogP contribution in [0, 0.1) is 0 Å². The van der Waals surface area contributed by atoms with Gasteiger partial charge >= 0.3 is 0 Å². The summed E-state index contributed by atoms with van der Waals surface area (Å²) in [5, 5.41) is 15.7. The number of benzene rings is 4. The van der Waals surface area contributed by atoms with Crippen molar-refractivity contribution >= 4 is 10.8 Å². The highest BCUT2D eigenvalue weighted by atomic mass is 16.5. The number of phenolic OH excluding ortho intramolecular Hbond substituents is 1. The number of para-hydroxylation sites is 1. The second kappa shape index (κ2) is 11.3. The average Bonchev–Trinajstić information content (AvgIpc) is 2.91. The Kier molecular flexibility index (Phi) is 7.47. The number of phenols is 1. The van der Waals surface area contributed by atoms with Gasteiger partial charge in [-0.3, -0.25) is 0 Å². The van der Waals surface area contributed by atoms with Gasteiger partial charge in [-0.05, 0) is 65.9 Å². The fourth-order valence-electron chi connectivity index (χ4n) is 4.67. The van der Waals surface area contributed by atoms with E-state index in [0.717, 1.165) is 47.3 Å². The lowest BCUT2D eigenvalue weighted by molar-refractivity contribution is 0.0106. The molecular formula is C30H31NO4. The van der Waals surface area contributed by atoms with Crippen molar-refractivity contribution < 1.29 is 19.3 Å². The molecule has 5 rings (SSSR count). The van der Waals surface area contributed by atoms with Gasteiger partial charge in [-0.2, -0.15) is 0 Å². The lowest BCUT2D eigenvalue weighted by atomic mass is 9.87. The van der Waals surface area contributed by atoms with E-state index in [2.05, 4.69) is 23.5 Å². The van der Waals surface area contributed by atoms with Crippen LogP contribution in [-0.2, 0) is 11.3 Å². The zero-order valence-electron chi connectivity index (χ0n) is 19.7. The first-order valence-corrected chi connectivity index (χ1v) is 12.2. The summed E-state index contributed by atoms with van der Waals surface area (Å²) in [5.41, 5.74) is 2.23. The predicted octanol–water partition coefficient (Wildman–Crippen LogP) is 5.67. The molecular weight excluding hydrogens is 438 g/mol. The Morgan fingerprint density at radius 1 is 0.800 bits per heavy atom. The van der Waals surface area contributed by atoms with Crippen LogP contribution in [0.2, 0.25) is 0 Å². The van der Waals surface area contributed by atoms with Crippen molar-refractivity contribution in [1.82, 2.24) is 5.32 Å². The Labute approximate surface area is 206 Å². The summed E-state index contributed by atoms with van der Waals surface area (Å²) in [4.78, 5) is 0. The van der Waals surface area contributed by atoms with Crippen molar-refractivity contribution in [2.75, 3.05) is 26.3 Å². The van der Waals surface area contributed by atoms with E-state index in [1.807, 2.05) is 66.7 Å². The minimum atomic E-state index is 0.0587. The summed E-state index contributed by atoms with van der Waals surface area (Å²) in [6.07, 6.45) is 1.07. The lowest BCUT2D eigenvalue weighted by Gasteiger charge is -2.32. The highest BCUT2D eigenvalue weighted by Crippen LogP contribution is 2.31. The molecule has 1 aliphatic rings. The van der Waals surface area contributed by atoms with Gasteiger partial charge in [0.1, 0.15) is 30.5 Å². The molecule has 2 N–H and O–H groups in total. The van der Waals surface area contributed by atoms with Gasteiger partial charge in [0.2, 0.25) is 0 Å². The molecule has 2 atom stereocenters. The number of aromatic hydroxyl groups is 1. The zero-order chi connectivity index (χ0) is 23.9. The van der Waals surface area contributed by atoms with Gasteiger partial charge in [0.05, 0.1) is 12.7 Å². The third-order valence-corrected chi connectivity index (χ3v) is 6.46. The number of piperidine rings is 1. The quantitative estimate of drug-likeness (QED) is 0.310. The fourth-order valence-corrected chi connectivity index (χ4v) is 4.67. The monoisotopic (exact) mass is 469 g/mol. The first-order chi connectivity index (χ1) is 17.3. The molecule has 1 heterocycles. The third kappa shape index (κ3) is 5.94. The van der Waals surface area contributed by atoms with E-state index in [-0.39, 0.29) is 6.10 Å². The number of rotatable bonds is 9. The standard InChI is InChI=1S/C30H31NO4/c32-29-19-22(18-24-6-4-5-9-27(24)29)21-35-30-20-31-15-14-28(30)23-10-12-26(13-11-23)34-17-16-33-25-7-2-1-3-8-25/h1-13,18-19,28,30-32H,14-17,20-21H2. The van der Waals surface area contributed by atoms with E-state index >= 15 is 0 Å². The smallest absolute Gasteiger partial charge is 0.123 e. The molecule has 5 heteroatoms. The zero-order valence-corrected chi connectivity index (χ0v) is 19.7. The minimum Gasteiger partial charge on any atom is -0.507 e. The van der Waals surface area contributed by atoms with Gasteiger partial charge in [-0.15, -0.1) is 0 Å². The fraction of sp³-hybridized carbons (Fsp3) is 0.267. The van der Waals surface area contributed by atoms with E-state index in [1.165, 1.54) is 5.56 Å². The first kappa shape index (κ1) is 23.2. The van der Waals surface area contributed by atoms with Crippen molar-refractivity contribution in [3.05, 3.63) is 102 Å². The SMILES string of the molecule is Oc1cc(COC2CNCCC2c2ccc(OCCOc3ccccc3)cc2)cc2ccccc12. The van der Waals surface area contributed by atoms with Crippen LogP contribution in [0.5, 0.6) is 17.2 Å². The number of nitrogens with one attached hydrogen (secondary N) is 1. The van der Waals surface area contributed by atoms with Gasteiger partial charge in [0.15, 0.2) is 0 Å². The maximum Gasteiger partial charge on any atom is 0.123 e. The van der Waals surface area contributed by atoms with E-state index in [0.29, 0.717) is 31.5 Å². The molecule has 0 amide bonds. The Balaban J connectivity index is 1.17. The Bertz CT molecular complexity index is 1230. The predicted molar refractivity (Wildman–Crippen MR) is 138 cm³/mol. The van der Waals surface area contributed by atoms with Crippen LogP contribution < -0.4 is 14.8 Å². The first-order valence-electron chi connectivity index (χ1n) is 12.2. The number of ether oxygens (including phenoxy) is 3. The van der Waals surface area contributed by atoms with Crippen LogP contribution in [-0.4, -0.2) is 37.5 Å². The molecule has 0 aromatic heterocycles. The molecule has 35 heavy (non-hydrogen) atoms.